The summed E-state index contributed by atoms with van der Waals surface area (Å²) < 4.78 is 2.23. The van der Waals surface area contributed by atoms with E-state index in [4.69, 9.17) is 0 Å². The number of anilines is 1. The minimum absolute atomic E-state index is 0.943. The minimum atomic E-state index is 0.943. The van der Waals surface area contributed by atoms with Gasteiger partial charge in [-0.05, 0) is 18.2 Å². The van der Waals surface area contributed by atoms with Gasteiger partial charge in [-0.1, -0.05) is 12.1 Å². The van der Waals surface area contributed by atoms with Gasteiger partial charge >= 0.3 is 0 Å². The third kappa shape index (κ3) is 0.890. The second-order valence-electron chi connectivity index (χ2n) is 4.20. The van der Waals surface area contributed by atoms with Crippen molar-refractivity contribution in [2.24, 2.45) is 0 Å². The van der Waals surface area contributed by atoms with E-state index in [2.05, 4.69) is 64.2 Å². The zero-order chi connectivity index (χ0) is 10.5. The highest BCUT2D eigenvalue weighted by atomic mass is 15.1. The lowest BCUT2D eigenvalue weighted by atomic mass is 10.1. The highest BCUT2D eigenvalue weighted by Crippen LogP contribution is 2.23. The molecule has 0 fully saturated rings. The summed E-state index contributed by atoms with van der Waals surface area (Å²) in [6, 6.07) is 8.66. The van der Waals surface area contributed by atoms with Crippen molar-refractivity contribution in [1.29, 1.82) is 0 Å². The molecule has 2 aromatic rings. The topological polar surface area (TPSA) is 9.14 Å². The lowest BCUT2D eigenvalue weighted by molar-refractivity contribution is -0.481. The van der Waals surface area contributed by atoms with Crippen LogP contribution in [0.2, 0.25) is 0 Å². The lowest BCUT2D eigenvalue weighted by Crippen LogP contribution is -2.36. The van der Waals surface area contributed by atoms with Crippen LogP contribution in [0.4, 0.5) is 5.69 Å². The molecule has 4 rings (SSSR count). The molecule has 0 spiro atoms. The van der Waals surface area contributed by atoms with Gasteiger partial charge in [0.05, 0.1) is 0 Å². The Morgan fingerprint density at radius 1 is 1.19 bits per heavy atom. The molecule has 2 heteroatoms. The van der Waals surface area contributed by atoms with Gasteiger partial charge in [0.15, 0.2) is 12.4 Å². The predicted molar refractivity (Wildman–Crippen MR) is 64.4 cm³/mol. The molecule has 76 valence electrons. The summed E-state index contributed by atoms with van der Waals surface area (Å²) in [7, 11) is 0. The minimum Gasteiger partial charge on any atom is -0.332 e. The summed E-state index contributed by atoms with van der Waals surface area (Å²) in [6.45, 7) is 0.943. The van der Waals surface area contributed by atoms with Crippen molar-refractivity contribution >= 4 is 22.7 Å². The van der Waals surface area contributed by atoms with E-state index in [0.717, 1.165) is 6.54 Å². The van der Waals surface area contributed by atoms with Gasteiger partial charge in [-0.2, -0.15) is 4.24 Å². The predicted octanol–water partition coefficient (Wildman–Crippen LogP) is 1.26. The van der Waals surface area contributed by atoms with E-state index in [1.165, 1.54) is 21.8 Å². The van der Waals surface area contributed by atoms with Crippen molar-refractivity contribution in [1.82, 2.24) is 0 Å². The first-order valence-corrected chi connectivity index (χ1v) is 5.52. The van der Waals surface area contributed by atoms with Gasteiger partial charge in [0, 0.05) is 22.9 Å². The van der Waals surface area contributed by atoms with Crippen LogP contribution in [-0.2, 0) is 0 Å². The molecule has 0 bridgehead atoms. The molecule has 0 N–H and O–H groups in total. The Hall–Kier alpha value is -2.09. The van der Waals surface area contributed by atoms with Gasteiger partial charge in [0.1, 0.15) is 12.2 Å². The van der Waals surface area contributed by atoms with E-state index < -0.39 is 0 Å². The Kier molecular flexibility index (Phi) is 1.38. The van der Waals surface area contributed by atoms with Gasteiger partial charge in [-0.3, -0.25) is 0 Å². The third-order valence-corrected chi connectivity index (χ3v) is 3.30. The summed E-state index contributed by atoms with van der Waals surface area (Å²) in [5.74, 6) is 0. The standard InChI is InChI=1S/C14H11N2/c1-3-11-5-6-12-4-2-8-16-10-9-15(7-1)13(11)14(12)16/h1-9H,10H2/q+1. The molecule has 0 saturated carbocycles. The summed E-state index contributed by atoms with van der Waals surface area (Å²) >= 11 is 0. The third-order valence-electron chi connectivity index (χ3n) is 3.30. The van der Waals surface area contributed by atoms with Crippen molar-refractivity contribution in [3.05, 3.63) is 54.2 Å². The summed E-state index contributed by atoms with van der Waals surface area (Å²) in [5.41, 5.74) is 2.65. The van der Waals surface area contributed by atoms with E-state index in [-0.39, 0.29) is 0 Å². The van der Waals surface area contributed by atoms with Crippen LogP contribution in [-0.4, -0.2) is 6.54 Å². The van der Waals surface area contributed by atoms with E-state index in [0.29, 0.717) is 0 Å². The highest BCUT2D eigenvalue weighted by Gasteiger charge is 2.21. The van der Waals surface area contributed by atoms with Crippen LogP contribution in [0.25, 0.3) is 17.0 Å². The number of aromatic nitrogens is 1. The van der Waals surface area contributed by atoms with Gasteiger partial charge in [-0.25, -0.2) is 0 Å². The maximum absolute atomic E-state index is 2.30. The summed E-state index contributed by atoms with van der Waals surface area (Å²) in [4.78, 5) is 2.30. The van der Waals surface area contributed by atoms with Crippen molar-refractivity contribution in [3.63, 3.8) is 0 Å². The van der Waals surface area contributed by atoms with Crippen LogP contribution in [0.15, 0.2) is 42.7 Å². The number of allylic oxidation sites excluding steroid dienone is 1. The maximum atomic E-state index is 2.30. The molecule has 3 heterocycles. The normalized spacial score (nSPS) is 15.9. The SMILES string of the molecule is C1=CN2CC=[n+]3cccc4ccc(c2c43)=C1. The molecule has 0 atom stereocenters. The lowest BCUT2D eigenvalue weighted by Gasteiger charge is -2.22. The molecule has 0 amide bonds. The quantitative estimate of drug-likeness (QED) is 0.591. The molecule has 0 saturated heterocycles. The van der Waals surface area contributed by atoms with Crippen LogP contribution >= 0.6 is 0 Å². The number of benzene rings is 1. The molecule has 2 aliphatic rings. The fourth-order valence-electron chi connectivity index (χ4n) is 2.57. The van der Waals surface area contributed by atoms with Crippen LogP contribution in [0.1, 0.15) is 0 Å². The van der Waals surface area contributed by atoms with Crippen LogP contribution < -0.4 is 14.4 Å². The van der Waals surface area contributed by atoms with E-state index in [1.807, 2.05) is 0 Å². The van der Waals surface area contributed by atoms with Crippen LogP contribution in [0.3, 0.4) is 0 Å². The second kappa shape index (κ2) is 2.73. The average molecular weight is 207 g/mol. The van der Waals surface area contributed by atoms with Gasteiger partial charge in [0.25, 0.3) is 0 Å². The summed E-state index contributed by atoms with van der Waals surface area (Å²) in [6.07, 6.45) is 10.8. The summed E-state index contributed by atoms with van der Waals surface area (Å²) in [5, 5.41) is 2.61. The molecular formula is C14H11N2+. The van der Waals surface area contributed by atoms with Gasteiger partial charge in [0.2, 0.25) is 5.52 Å². The Morgan fingerprint density at radius 3 is 3.19 bits per heavy atom. The number of hydrogen-bond donors (Lipinski definition) is 0. The zero-order valence-electron chi connectivity index (χ0n) is 8.80. The average Bonchev–Trinajstić information content (AvgIpc) is 2.36. The fraction of sp³-hybridized carbons (Fsp3) is 0.0714. The van der Waals surface area contributed by atoms with E-state index >= 15 is 0 Å². The van der Waals surface area contributed by atoms with Crippen molar-refractivity contribution in [2.45, 2.75) is 0 Å². The molecule has 0 aliphatic carbocycles. The molecule has 1 aromatic carbocycles. The van der Waals surface area contributed by atoms with Crippen molar-refractivity contribution < 1.29 is 4.24 Å². The molecule has 0 unspecified atom stereocenters. The van der Waals surface area contributed by atoms with E-state index in [9.17, 15) is 0 Å². The molecular weight excluding hydrogens is 196 g/mol. The van der Waals surface area contributed by atoms with Gasteiger partial charge < -0.3 is 4.90 Å². The largest absolute Gasteiger partial charge is 0.332 e. The first-order valence-electron chi connectivity index (χ1n) is 5.52. The van der Waals surface area contributed by atoms with E-state index in [1.54, 1.807) is 0 Å². The fourth-order valence-corrected chi connectivity index (χ4v) is 2.57. The first-order chi connectivity index (χ1) is 7.93. The molecule has 2 aliphatic heterocycles. The molecule has 16 heavy (non-hydrogen) atoms. The van der Waals surface area contributed by atoms with Crippen LogP contribution in [0, 0.1) is 6.21 Å². The number of rotatable bonds is 0. The Morgan fingerprint density at radius 2 is 2.19 bits per heavy atom. The first kappa shape index (κ1) is 8.11. The second-order valence-corrected chi connectivity index (χ2v) is 4.20. The maximum Gasteiger partial charge on any atom is 0.242 e. The van der Waals surface area contributed by atoms with Crippen LogP contribution in [0.5, 0.6) is 0 Å². The van der Waals surface area contributed by atoms with Crippen molar-refractivity contribution in [3.8, 4) is 0 Å². The van der Waals surface area contributed by atoms with Gasteiger partial charge in [-0.15, -0.1) is 0 Å². The smallest absolute Gasteiger partial charge is 0.242 e. The Balaban J connectivity index is 2.36. The highest BCUT2D eigenvalue weighted by molar-refractivity contribution is 5.90. The number of nitrogens with zero attached hydrogens (tertiary/aromatic N) is 2. The molecule has 2 nitrogen and oxygen atoms in total. The molecule has 1 aromatic heterocycles. The Labute approximate surface area is 93.1 Å². The molecule has 0 radical (unpaired) electrons. The number of hydrogen-bond acceptors (Lipinski definition) is 1. The monoisotopic (exact) mass is 207 g/mol. The Bertz CT molecular complexity index is 741. The van der Waals surface area contributed by atoms with Crippen molar-refractivity contribution in [2.75, 3.05) is 11.4 Å². The zero-order valence-corrected chi connectivity index (χ0v) is 8.80. The number of pyridine rings is 1.